The molecule has 3 aliphatic heterocycles. The topological polar surface area (TPSA) is 75.7 Å². The number of Topliss-reactive ketones (excluding diaryl/α,β-unsaturated/α-hetero) is 2. The Hall–Kier alpha value is -4.97. The number of carbonyl (C=O) groups excluding carboxylic acids is 3. The third-order valence-corrected chi connectivity index (χ3v) is 9.67. The lowest BCUT2D eigenvalue weighted by molar-refractivity contribution is -0.121. The minimum Gasteiger partial charge on any atom is -0.497 e. The van der Waals surface area contributed by atoms with Crippen molar-refractivity contribution >= 4 is 34.4 Å². The first-order valence-electron chi connectivity index (χ1n) is 15.5. The van der Waals surface area contributed by atoms with E-state index in [1.807, 2.05) is 84.6 Å². The van der Waals surface area contributed by atoms with Crippen LogP contribution < -0.4 is 15.0 Å². The van der Waals surface area contributed by atoms with Crippen molar-refractivity contribution in [1.29, 1.82) is 0 Å². The Balaban J connectivity index is 1.50. The average Bonchev–Trinajstić information content (AvgIpc) is 3.52. The number of hydrogen-bond acceptors (Lipinski definition) is 5. The van der Waals surface area contributed by atoms with Crippen molar-refractivity contribution in [3.8, 4) is 5.75 Å². The number of methoxy groups -OCH3 is 1. The molecule has 45 heavy (non-hydrogen) atoms. The van der Waals surface area contributed by atoms with Crippen LogP contribution in [-0.2, 0) is 16.6 Å². The molecule has 1 amide bonds. The summed E-state index contributed by atoms with van der Waals surface area (Å²) >= 11 is 0. The summed E-state index contributed by atoms with van der Waals surface area (Å²) in [5.41, 5.74) is 4.93. The van der Waals surface area contributed by atoms with Crippen LogP contribution in [0.25, 0.3) is 5.57 Å². The van der Waals surface area contributed by atoms with E-state index in [-0.39, 0.29) is 17.5 Å². The number of hydrogen-bond donors (Lipinski definition) is 1. The summed E-state index contributed by atoms with van der Waals surface area (Å²) in [5, 5.41) is 3.11. The van der Waals surface area contributed by atoms with Crippen LogP contribution in [0.5, 0.6) is 5.75 Å². The third-order valence-electron chi connectivity index (χ3n) is 9.67. The lowest BCUT2D eigenvalue weighted by Crippen LogP contribution is -2.51. The minimum atomic E-state index is -1.35. The lowest BCUT2D eigenvalue weighted by Gasteiger charge is -2.39. The second-order valence-corrected chi connectivity index (χ2v) is 12.8. The molecule has 0 saturated carbocycles. The van der Waals surface area contributed by atoms with E-state index < -0.39 is 23.4 Å². The van der Waals surface area contributed by atoms with E-state index in [9.17, 15) is 9.59 Å². The van der Waals surface area contributed by atoms with Crippen molar-refractivity contribution in [1.82, 2.24) is 0 Å². The molecule has 4 atom stereocenters. The first-order chi connectivity index (χ1) is 21.7. The summed E-state index contributed by atoms with van der Waals surface area (Å²) in [6, 6.07) is 28.7. The smallest absolute Gasteiger partial charge is 0.238 e. The molecule has 6 nitrogen and oxygen atoms in total. The van der Waals surface area contributed by atoms with Crippen molar-refractivity contribution in [3.63, 3.8) is 0 Å². The highest BCUT2D eigenvalue weighted by molar-refractivity contribution is 6.18. The molecular formula is C39H36N2O4. The fraction of sp³-hybridized carbons (Fsp3) is 0.256. The number of anilines is 2. The van der Waals surface area contributed by atoms with E-state index in [1.54, 1.807) is 31.4 Å². The maximum absolute atomic E-state index is 15.1. The highest BCUT2D eigenvalue weighted by atomic mass is 16.5. The number of amides is 1. The predicted octanol–water partition coefficient (Wildman–Crippen LogP) is 7.14. The SMILES string of the molecule is COc1cccc(C(=O)C2C(C(=O)c3ccc(CC(C)C)cc3)C3(C(=O)Nc4ccccc43)C3C=C(C)c4ccccc4N23)c1. The third kappa shape index (κ3) is 4.34. The number of allylic oxidation sites excluding steroid dienone is 1. The minimum absolute atomic E-state index is 0.225. The van der Waals surface area contributed by atoms with Gasteiger partial charge in [-0.05, 0) is 60.2 Å². The number of benzene rings is 4. The van der Waals surface area contributed by atoms with Crippen molar-refractivity contribution in [3.05, 3.63) is 131 Å². The zero-order valence-corrected chi connectivity index (χ0v) is 25.9. The second-order valence-electron chi connectivity index (χ2n) is 12.8. The first kappa shape index (κ1) is 28.8. The molecular weight excluding hydrogens is 560 g/mol. The number of carbonyl (C=O) groups is 3. The summed E-state index contributed by atoms with van der Waals surface area (Å²) in [6.45, 7) is 6.36. The van der Waals surface area contributed by atoms with Gasteiger partial charge < -0.3 is 15.0 Å². The standard InChI is InChI=1S/C39H36N2O4/c1-23(2)20-25-16-18-26(19-17-25)36(42)34-35(37(43)27-10-9-11-28(22-27)45-4)41-32-15-8-5-12-29(32)24(3)21-33(41)39(34)30-13-6-7-14-31(30)40-38(39)44/h5-19,21-23,33-35H,20H2,1-4H3,(H,40,44). The molecule has 226 valence electrons. The molecule has 0 radical (unpaired) electrons. The summed E-state index contributed by atoms with van der Waals surface area (Å²) in [6.07, 6.45) is 2.97. The Morgan fingerprint density at radius 1 is 0.889 bits per heavy atom. The van der Waals surface area contributed by atoms with Crippen LogP contribution in [0.1, 0.15) is 58.2 Å². The molecule has 0 aromatic heterocycles. The zero-order chi connectivity index (χ0) is 31.5. The van der Waals surface area contributed by atoms with E-state index >= 15 is 4.79 Å². The summed E-state index contributed by atoms with van der Waals surface area (Å²) in [5.74, 6) is -0.719. The molecule has 0 bridgehead atoms. The summed E-state index contributed by atoms with van der Waals surface area (Å²) in [7, 11) is 1.56. The van der Waals surface area contributed by atoms with Crippen LogP contribution in [-0.4, -0.2) is 36.7 Å². The van der Waals surface area contributed by atoms with Crippen LogP contribution >= 0.6 is 0 Å². The Bertz CT molecular complexity index is 1870. The van der Waals surface area contributed by atoms with Crippen LogP contribution in [0.2, 0.25) is 0 Å². The monoisotopic (exact) mass is 596 g/mol. The molecule has 3 heterocycles. The normalized spacial score (nSPS) is 22.9. The zero-order valence-electron chi connectivity index (χ0n) is 25.9. The van der Waals surface area contributed by atoms with Gasteiger partial charge >= 0.3 is 0 Å². The maximum atomic E-state index is 15.1. The summed E-state index contributed by atoms with van der Waals surface area (Å²) in [4.78, 5) is 46.7. The second kappa shape index (κ2) is 10.9. The molecule has 7 rings (SSSR count). The van der Waals surface area contributed by atoms with E-state index in [0.717, 1.165) is 34.4 Å². The van der Waals surface area contributed by atoms with Gasteiger partial charge in [0.25, 0.3) is 0 Å². The van der Waals surface area contributed by atoms with Gasteiger partial charge in [-0.15, -0.1) is 0 Å². The van der Waals surface area contributed by atoms with Crippen LogP contribution in [0.4, 0.5) is 11.4 Å². The van der Waals surface area contributed by atoms with Gasteiger partial charge in [0.05, 0.1) is 19.1 Å². The van der Waals surface area contributed by atoms with Gasteiger partial charge in [0, 0.05) is 28.1 Å². The Labute approximate surface area is 263 Å². The average molecular weight is 597 g/mol. The van der Waals surface area contributed by atoms with E-state index in [1.165, 1.54) is 0 Å². The van der Waals surface area contributed by atoms with Gasteiger partial charge in [-0.25, -0.2) is 0 Å². The number of ether oxygens (including phenoxy) is 1. The quantitative estimate of drug-likeness (QED) is 0.230. The van der Waals surface area contributed by atoms with E-state index in [4.69, 9.17) is 4.74 Å². The number of fused-ring (bicyclic) bond motifs is 6. The molecule has 1 spiro atoms. The maximum Gasteiger partial charge on any atom is 0.238 e. The Morgan fingerprint density at radius 3 is 2.38 bits per heavy atom. The molecule has 1 fully saturated rings. The number of para-hydroxylation sites is 2. The Kier molecular flexibility index (Phi) is 6.96. The highest BCUT2D eigenvalue weighted by Crippen LogP contribution is 2.58. The van der Waals surface area contributed by atoms with E-state index in [2.05, 4.69) is 25.2 Å². The first-order valence-corrected chi connectivity index (χ1v) is 15.5. The number of ketones is 2. The molecule has 6 heteroatoms. The molecule has 4 aromatic rings. The molecule has 4 unspecified atom stereocenters. The number of nitrogens with zero attached hydrogens (tertiary/aromatic N) is 1. The van der Waals surface area contributed by atoms with Crippen molar-refractivity contribution in [2.24, 2.45) is 11.8 Å². The molecule has 1 N–H and O–H groups in total. The Morgan fingerprint density at radius 2 is 1.62 bits per heavy atom. The number of nitrogens with one attached hydrogen (secondary N) is 1. The van der Waals surface area contributed by atoms with Gasteiger partial charge in [-0.1, -0.05) is 92.7 Å². The summed E-state index contributed by atoms with van der Waals surface area (Å²) < 4.78 is 5.48. The largest absolute Gasteiger partial charge is 0.497 e. The van der Waals surface area contributed by atoms with Crippen LogP contribution in [0, 0.1) is 11.8 Å². The fourth-order valence-corrected chi connectivity index (χ4v) is 7.79. The van der Waals surface area contributed by atoms with Crippen molar-refractivity contribution in [2.45, 2.75) is 44.7 Å². The highest BCUT2D eigenvalue weighted by Gasteiger charge is 2.70. The van der Waals surface area contributed by atoms with E-state index in [0.29, 0.717) is 28.5 Å². The molecule has 3 aliphatic rings. The van der Waals surface area contributed by atoms with Gasteiger partial charge in [0.15, 0.2) is 11.6 Å². The molecule has 0 aliphatic carbocycles. The predicted molar refractivity (Wildman–Crippen MR) is 177 cm³/mol. The van der Waals surface area contributed by atoms with Crippen LogP contribution in [0.3, 0.4) is 0 Å². The van der Waals surface area contributed by atoms with Gasteiger partial charge in [0.1, 0.15) is 17.2 Å². The molecule has 1 saturated heterocycles. The van der Waals surface area contributed by atoms with Crippen molar-refractivity contribution < 1.29 is 19.1 Å². The van der Waals surface area contributed by atoms with Gasteiger partial charge in [-0.3, -0.25) is 14.4 Å². The lowest BCUT2D eigenvalue weighted by atomic mass is 9.64. The number of rotatable bonds is 7. The van der Waals surface area contributed by atoms with Crippen LogP contribution in [0.15, 0.2) is 103 Å². The van der Waals surface area contributed by atoms with Gasteiger partial charge in [0.2, 0.25) is 5.91 Å². The van der Waals surface area contributed by atoms with Gasteiger partial charge in [-0.2, -0.15) is 0 Å². The van der Waals surface area contributed by atoms with Crippen molar-refractivity contribution in [2.75, 3.05) is 17.3 Å². The fourth-order valence-electron chi connectivity index (χ4n) is 7.79. The molecule has 4 aromatic carbocycles.